The molecule has 54 valence electrons. The molecule has 0 aliphatic heterocycles. The van der Waals surface area contributed by atoms with Crippen LogP contribution in [0.3, 0.4) is 0 Å². The van der Waals surface area contributed by atoms with Gasteiger partial charge in [0.1, 0.15) is 0 Å². The van der Waals surface area contributed by atoms with Crippen LogP contribution in [0.2, 0.25) is 0 Å². The van der Waals surface area contributed by atoms with Gasteiger partial charge in [0.25, 0.3) is 0 Å². The first-order chi connectivity index (χ1) is 5.25. The Bertz CT molecular complexity index is 398. The third-order valence-electron chi connectivity index (χ3n) is 1.34. The van der Waals surface area contributed by atoms with Crippen LogP contribution in [0.25, 0.3) is 10.2 Å². The van der Waals surface area contributed by atoms with Gasteiger partial charge in [-0.2, -0.15) is 0 Å². The second-order valence-electron chi connectivity index (χ2n) is 2.11. The van der Waals surface area contributed by atoms with Gasteiger partial charge in [0.2, 0.25) is 0 Å². The number of nitrogens with zero attached hydrogens (tertiary/aromatic N) is 1. The number of benzene rings is 1. The van der Waals surface area contributed by atoms with Crippen molar-refractivity contribution in [3.05, 3.63) is 22.7 Å². The molecule has 1 heterocycles. The Morgan fingerprint density at radius 1 is 1.45 bits per heavy atom. The molecule has 1 aromatic heterocycles. The number of hydrogen-bond acceptors (Lipinski definition) is 2. The number of aromatic nitrogens is 1. The standard InChI is InChI=1S/C7H3AsBrNS/c8-7-10-5-2-1-4(9)3-6(5)11-7/h1-3H. The van der Waals surface area contributed by atoms with Crippen molar-refractivity contribution in [2.45, 2.75) is 0 Å². The Labute approximate surface area is 85.5 Å². The molecule has 0 unspecified atom stereocenters. The molecule has 0 amide bonds. The fraction of sp³-hybridized carbons (Fsp3) is 0. The summed E-state index contributed by atoms with van der Waals surface area (Å²) in [4.78, 5) is 4.32. The Hall–Kier alpha value is 0.148. The molecular weight excluding hydrogens is 285 g/mol. The van der Waals surface area contributed by atoms with E-state index in [4.69, 9.17) is 0 Å². The Morgan fingerprint density at radius 2 is 2.27 bits per heavy atom. The molecule has 1 aromatic carbocycles. The van der Waals surface area contributed by atoms with Crippen LogP contribution in [0.15, 0.2) is 22.7 Å². The Morgan fingerprint density at radius 3 is 3.09 bits per heavy atom. The van der Waals surface area contributed by atoms with E-state index in [1.54, 1.807) is 11.3 Å². The molecule has 0 fully saturated rings. The van der Waals surface area contributed by atoms with E-state index in [9.17, 15) is 0 Å². The third kappa shape index (κ3) is 1.51. The molecule has 0 bridgehead atoms. The van der Waals surface area contributed by atoms with Gasteiger partial charge in [-0.15, -0.1) is 0 Å². The van der Waals surface area contributed by atoms with Gasteiger partial charge in [0.05, 0.1) is 0 Å². The first kappa shape index (κ1) is 7.78. The average Bonchev–Trinajstić information content (AvgIpc) is 2.27. The number of halogens is 1. The molecule has 2 rings (SSSR count). The summed E-state index contributed by atoms with van der Waals surface area (Å²) in [7, 11) is 0. The number of hydrogen-bond donors (Lipinski definition) is 0. The molecule has 2 radical (unpaired) electrons. The van der Waals surface area contributed by atoms with Gasteiger partial charge in [0.15, 0.2) is 0 Å². The van der Waals surface area contributed by atoms with Crippen LogP contribution in [0.4, 0.5) is 0 Å². The number of thiazole rings is 1. The van der Waals surface area contributed by atoms with E-state index in [0.717, 1.165) is 13.8 Å². The van der Waals surface area contributed by atoms with Gasteiger partial charge in [0, 0.05) is 0 Å². The maximum atomic E-state index is 4.32. The summed E-state index contributed by atoms with van der Waals surface area (Å²) >= 11 is 7.58. The van der Waals surface area contributed by atoms with Crippen molar-refractivity contribution >= 4 is 58.1 Å². The van der Waals surface area contributed by atoms with E-state index in [0.29, 0.717) is 0 Å². The van der Waals surface area contributed by atoms with Crippen molar-refractivity contribution in [2.75, 3.05) is 0 Å². The molecule has 4 heteroatoms. The van der Waals surface area contributed by atoms with E-state index in [1.165, 1.54) is 4.70 Å². The SMILES string of the molecule is [As]c1nc2ccc(Br)cc2s1. The second kappa shape index (κ2) is 2.89. The molecular formula is C7H3AsBrNS. The zero-order chi connectivity index (χ0) is 7.84. The fourth-order valence-corrected chi connectivity index (χ4v) is 2.99. The minimum absolute atomic E-state index is 1.06. The molecule has 0 N–H and O–H groups in total. The summed E-state index contributed by atoms with van der Waals surface area (Å²) in [5.74, 6) is 0. The van der Waals surface area contributed by atoms with Crippen molar-refractivity contribution in [3.8, 4) is 0 Å². The summed E-state index contributed by atoms with van der Waals surface area (Å²) in [5, 5.41) is 0. The Kier molecular flexibility index (Phi) is 2.04. The van der Waals surface area contributed by atoms with Crippen LogP contribution in [0.1, 0.15) is 0 Å². The van der Waals surface area contributed by atoms with Gasteiger partial charge < -0.3 is 0 Å². The van der Waals surface area contributed by atoms with Crippen molar-refractivity contribution in [1.82, 2.24) is 4.98 Å². The van der Waals surface area contributed by atoms with Crippen LogP contribution in [0.5, 0.6) is 0 Å². The van der Waals surface area contributed by atoms with E-state index < -0.39 is 0 Å². The first-order valence-electron chi connectivity index (χ1n) is 3.01. The monoisotopic (exact) mass is 287 g/mol. The quantitative estimate of drug-likeness (QED) is 0.674. The van der Waals surface area contributed by atoms with Crippen LogP contribution in [-0.2, 0) is 0 Å². The average molecular weight is 288 g/mol. The summed E-state index contributed by atoms with van der Waals surface area (Å²) in [6, 6.07) is 6.12. The normalized spacial score (nSPS) is 10.7. The third-order valence-corrected chi connectivity index (χ3v) is 3.44. The van der Waals surface area contributed by atoms with Crippen LogP contribution in [0, 0.1) is 0 Å². The molecule has 11 heavy (non-hydrogen) atoms. The number of rotatable bonds is 0. The van der Waals surface area contributed by atoms with Gasteiger partial charge in [-0.25, -0.2) is 0 Å². The fourth-order valence-electron chi connectivity index (χ4n) is 0.886. The van der Waals surface area contributed by atoms with Gasteiger partial charge in [-0.3, -0.25) is 0 Å². The van der Waals surface area contributed by atoms with Gasteiger partial charge >= 0.3 is 85.8 Å². The maximum absolute atomic E-state index is 4.32. The van der Waals surface area contributed by atoms with E-state index in [-0.39, 0.29) is 0 Å². The summed E-state index contributed by atoms with van der Waals surface area (Å²) in [6.45, 7) is 0. The van der Waals surface area contributed by atoms with Crippen LogP contribution in [-0.4, -0.2) is 21.8 Å². The topological polar surface area (TPSA) is 12.9 Å². The Balaban J connectivity index is 2.82. The van der Waals surface area contributed by atoms with E-state index in [1.807, 2.05) is 12.1 Å². The van der Waals surface area contributed by atoms with Crippen molar-refractivity contribution in [2.24, 2.45) is 0 Å². The van der Waals surface area contributed by atoms with Gasteiger partial charge in [-0.05, 0) is 0 Å². The predicted molar refractivity (Wildman–Crippen MR) is 52.7 cm³/mol. The zero-order valence-electron chi connectivity index (χ0n) is 5.41. The molecule has 0 saturated carbocycles. The van der Waals surface area contributed by atoms with Crippen molar-refractivity contribution in [1.29, 1.82) is 0 Å². The molecule has 0 aliphatic carbocycles. The molecule has 0 atom stereocenters. The molecule has 0 spiro atoms. The molecule has 1 nitrogen and oxygen atoms in total. The summed E-state index contributed by atoms with van der Waals surface area (Å²) in [6.07, 6.45) is 0. The number of fused-ring (bicyclic) bond motifs is 1. The summed E-state index contributed by atoms with van der Waals surface area (Å²) in [5.41, 5.74) is 1.08. The van der Waals surface area contributed by atoms with Crippen LogP contribution >= 0.6 is 27.3 Å². The minimum atomic E-state index is 1.06. The molecule has 0 saturated heterocycles. The summed E-state index contributed by atoms with van der Waals surface area (Å²) < 4.78 is 3.40. The van der Waals surface area contributed by atoms with Crippen LogP contribution < -0.4 is 3.80 Å². The zero-order valence-corrected chi connectivity index (χ0v) is 9.69. The molecule has 0 aliphatic rings. The molecule has 2 aromatic rings. The predicted octanol–water partition coefficient (Wildman–Crippen LogP) is 1.85. The first-order valence-corrected chi connectivity index (χ1v) is 5.55. The second-order valence-corrected chi connectivity index (χ2v) is 5.60. The van der Waals surface area contributed by atoms with Crippen molar-refractivity contribution in [3.63, 3.8) is 0 Å². The van der Waals surface area contributed by atoms with Crippen molar-refractivity contribution < 1.29 is 0 Å². The van der Waals surface area contributed by atoms with E-state index >= 15 is 0 Å². The van der Waals surface area contributed by atoms with Gasteiger partial charge in [-0.1, -0.05) is 0 Å². The van der Waals surface area contributed by atoms with E-state index in [2.05, 4.69) is 43.8 Å².